The molecule has 0 unspecified atom stereocenters. The van der Waals surface area contributed by atoms with E-state index in [-0.39, 0.29) is 5.75 Å². The molecule has 0 saturated carbocycles. The number of benzene rings is 1. The topological polar surface area (TPSA) is 139 Å². The predicted octanol–water partition coefficient (Wildman–Crippen LogP) is -0.765. The van der Waals surface area contributed by atoms with Crippen molar-refractivity contribution in [1.29, 1.82) is 0 Å². The Hall–Kier alpha value is -1.75. The Bertz CT molecular complexity index is 583. The van der Waals surface area contributed by atoms with Crippen LogP contribution in [-0.2, 0) is 10.0 Å². The van der Waals surface area contributed by atoms with E-state index < -0.39 is 44.8 Å². The zero-order valence-corrected chi connectivity index (χ0v) is 11.3. The van der Waals surface area contributed by atoms with Gasteiger partial charge >= 0.3 is 0 Å². The van der Waals surface area contributed by atoms with Crippen LogP contribution >= 0.6 is 0 Å². The third kappa shape index (κ3) is 3.63. The molecule has 0 atom stereocenters. The summed E-state index contributed by atoms with van der Waals surface area (Å²) >= 11 is 0. The largest absolute Gasteiger partial charge is 0.497 e. The number of aliphatic hydroxyl groups excluding tert-OH is 2. The summed E-state index contributed by atoms with van der Waals surface area (Å²) in [5, 5.41) is 28.6. The number of sulfonamides is 1. The first-order valence-corrected chi connectivity index (χ1v) is 6.90. The van der Waals surface area contributed by atoms with Gasteiger partial charge in [0.2, 0.25) is 10.0 Å². The fourth-order valence-corrected chi connectivity index (χ4v) is 2.78. The normalized spacial score (nSPS) is 11.6. The monoisotopic (exact) mass is 306 g/mol. The summed E-state index contributed by atoms with van der Waals surface area (Å²) in [7, 11) is -2.96. The lowest BCUT2D eigenvalue weighted by Gasteiger charge is -2.14. The Morgan fingerprint density at radius 1 is 1.40 bits per heavy atom. The Morgan fingerprint density at radius 3 is 2.45 bits per heavy atom. The van der Waals surface area contributed by atoms with Crippen molar-refractivity contribution >= 4 is 15.7 Å². The first-order chi connectivity index (χ1) is 9.35. The number of nitro groups is 1. The summed E-state index contributed by atoms with van der Waals surface area (Å²) in [5.41, 5.74) is -0.661. The highest BCUT2D eigenvalue weighted by Gasteiger charge is 2.28. The summed E-state index contributed by atoms with van der Waals surface area (Å²) in [6.07, 6.45) is 0. The van der Waals surface area contributed by atoms with E-state index in [1.54, 1.807) is 0 Å². The predicted molar refractivity (Wildman–Crippen MR) is 67.9 cm³/mol. The summed E-state index contributed by atoms with van der Waals surface area (Å²) in [6, 6.07) is 2.11. The molecule has 0 bridgehead atoms. The molecule has 1 aromatic carbocycles. The number of methoxy groups -OCH3 is 1. The molecule has 0 aromatic heterocycles. The maximum absolute atomic E-state index is 12.0. The van der Waals surface area contributed by atoms with Crippen LogP contribution in [0.2, 0.25) is 0 Å². The second-order valence-corrected chi connectivity index (χ2v) is 5.46. The van der Waals surface area contributed by atoms with Gasteiger partial charge in [0, 0.05) is 0 Å². The molecule has 0 radical (unpaired) electrons. The van der Waals surface area contributed by atoms with Gasteiger partial charge in [0.1, 0.15) is 5.75 Å². The Labute approximate surface area is 115 Å². The van der Waals surface area contributed by atoms with E-state index in [0.717, 1.165) is 12.1 Å². The zero-order valence-electron chi connectivity index (χ0n) is 10.5. The van der Waals surface area contributed by atoms with Crippen molar-refractivity contribution < 1.29 is 28.3 Å². The van der Waals surface area contributed by atoms with Crippen LogP contribution in [0.4, 0.5) is 5.69 Å². The van der Waals surface area contributed by atoms with E-state index in [1.807, 2.05) is 4.72 Å². The van der Waals surface area contributed by atoms with E-state index in [4.69, 9.17) is 14.9 Å². The number of aliphatic hydroxyl groups is 2. The standard InChI is InChI=1S/C10H14N2O7S/c1-19-8-2-3-10(9(4-8)12(15)16)20(17,18)11-7(5-13)6-14/h2-4,7,11,13-14H,5-6H2,1H3. The maximum Gasteiger partial charge on any atom is 0.293 e. The van der Waals surface area contributed by atoms with Crippen LogP contribution in [0.3, 0.4) is 0 Å². The van der Waals surface area contributed by atoms with Crippen LogP contribution in [0.1, 0.15) is 0 Å². The number of ether oxygens (including phenoxy) is 1. The van der Waals surface area contributed by atoms with Gasteiger partial charge in [-0.05, 0) is 12.1 Å². The third-order valence-corrected chi connectivity index (χ3v) is 3.98. The SMILES string of the molecule is COc1ccc(S(=O)(=O)NC(CO)CO)c([N+](=O)[O-])c1. The molecule has 10 heteroatoms. The molecule has 0 aliphatic heterocycles. The van der Waals surface area contributed by atoms with E-state index in [0.29, 0.717) is 0 Å². The number of hydrogen-bond donors (Lipinski definition) is 3. The summed E-state index contributed by atoms with van der Waals surface area (Å²) in [6.45, 7) is -1.28. The second-order valence-electron chi connectivity index (χ2n) is 3.77. The molecule has 3 N–H and O–H groups in total. The van der Waals surface area contributed by atoms with Crippen molar-refractivity contribution in [2.24, 2.45) is 0 Å². The molecule has 0 saturated heterocycles. The first-order valence-electron chi connectivity index (χ1n) is 5.42. The number of nitrogens with zero attached hydrogens (tertiary/aromatic N) is 1. The van der Waals surface area contributed by atoms with E-state index in [1.165, 1.54) is 13.2 Å². The molecule has 20 heavy (non-hydrogen) atoms. The van der Waals surface area contributed by atoms with Gasteiger partial charge in [-0.3, -0.25) is 10.1 Å². The molecule has 0 amide bonds. The van der Waals surface area contributed by atoms with Crippen LogP contribution in [-0.4, -0.2) is 49.9 Å². The van der Waals surface area contributed by atoms with E-state index in [2.05, 4.69) is 0 Å². The molecule has 1 rings (SSSR count). The van der Waals surface area contributed by atoms with Crippen molar-refractivity contribution in [2.75, 3.05) is 20.3 Å². The minimum Gasteiger partial charge on any atom is -0.497 e. The van der Waals surface area contributed by atoms with Gasteiger partial charge in [-0.25, -0.2) is 13.1 Å². The molecule has 1 aromatic rings. The van der Waals surface area contributed by atoms with Gasteiger partial charge in [0.25, 0.3) is 5.69 Å². The van der Waals surface area contributed by atoms with Crippen molar-refractivity contribution in [3.05, 3.63) is 28.3 Å². The Kier molecular flexibility index (Phi) is 5.39. The fourth-order valence-electron chi connectivity index (χ4n) is 1.41. The second kappa shape index (κ2) is 6.61. The number of rotatable bonds is 7. The molecule has 0 heterocycles. The number of hydrogen-bond acceptors (Lipinski definition) is 7. The molecule has 112 valence electrons. The molecular weight excluding hydrogens is 292 g/mol. The number of nitro benzene ring substituents is 1. The van der Waals surface area contributed by atoms with Gasteiger partial charge in [-0.2, -0.15) is 0 Å². The van der Waals surface area contributed by atoms with Crippen LogP contribution in [0.5, 0.6) is 5.75 Å². The quantitative estimate of drug-likeness (QED) is 0.444. The number of nitrogens with one attached hydrogen (secondary N) is 1. The summed E-state index contributed by atoms with van der Waals surface area (Å²) in [5.74, 6) is 0.136. The lowest BCUT2D eigenvalue weighted by atomic mass is 10.3. The van der Waals surface area contributed by atoms with Crippen molar-refractivity contribution in [1.82, 2.24) is 4.72 Å². The zero-order chi connectivity index (χ0) is 15.3. The highest BCUT2D eigenvalue weighted by Crippen LogP contribution is 2.28. The van der Waals surface area contributed by atoms with Crippen LogP contribution in [0, 0.1) is 10.1 Å². The minimum absolute atomic E-state index is 0.136. The van der Waals surface area contributed by atoms with E-state index in [9.17, 15) is 18.5 Å². The molecule has 0 aliphatic rings. The third-order valence-electron chi connectivity index (χ3n) is 2.41. The highest BCUT2D eigenvalue weighted by molar-refractivity contribution is 7.89. The van der Waals surface area contributed by atoms with E-state index >= 15 is 0 Å². The minimum atomic E-state index is -4.25. The lowest BCUT2D eigenvalue weighted by Crippen LogP contribution is -2.40. The van der Waals surface area contributed by atoms with Gasteiger partial charge in [0.15, 0.2) is 4.90 Å². The molecule has 0 spiro atoms. The van der Waals surface area contributed by atoms with Crippen molar-refractivity contribution in [3.8, 4) is 5.75 Å². The first kappa shape index (κ1) is 16.3. The van der Waals surface area contributed by atoms with Gasteiger partial charge in [0.05, 0.1) is 37.4 Å². The van der Waals surface area contributed by atoms with Crippen molar-refractivity contribution in [2.45, 2.75) is 10.9 Å². The Balaban J connectivity index is 3.27. The van der Waals surface area contributed by atoms with Crippen molar-refractivity contribution in [3.63, 3.8) is 0 Å². The molecule has 9 nitrogen and oxygen atoms in total. The summed E-state index contributed by atoms with van der Waals surface area (Å²) in [4.78, 5) is 9.49. The average Bonchev–Trinajstić information content (AvgIpc) is 2.43. The van der Waals surface area contributed by atoms with Gasteiger partial charge in [-0.1, -0.05) is 0 Å². The van der Waals surface area contributed by atoms with Gasteiger partial charge in [-0.15, -0.1) is 0 Å². The summed E-state index contributed by atoms with van der Waals surface area (Å²) < 4.78 is 30.8. The van der Waals surface area contributed by atoms with Crippen LogP contribution in [0.15, 0.2) is 23.1 Å². The lowest BCUT2D eigenvalue weighted by molar-refractivity contribution is -0.387. The average molecular weight is 306 g/mol. The highest BCUT2D eigenvalue weighted by atomic mass is 32.2. The van der Waals surface area contributed by atoms with Crippen LogP contribution < -0.4 is 9.46 Å². The molecular formula is C10H14N2O7S. The van der Waals surface area contributed by atoms with Crippen LogP contribution in [0.25, 0.3) is 0 Å². The molecule has 0 aliphatic carbocycles. The smallest absolute Gasteiger partial charge is 0.293 e. The van der Waals surface area contributed by atoms with Gasteiger partial charge < -0.3 is 14.9 Å². The maximum atomic E-state index is 12.0. The fraction of sp³-hybridized carbons (Fsp3) is 0.400. The Morgan fingerprint density at radius 2 is 2.00 bits per heavy atom. The molecule has 0 fully saturated rings.